The van der Waals surface area contributed by atoms with Crippen molar-refractivity contribution >= 4 is 40.1 Å². The van der Waals surface area contributed by atoms with Crippen molar-refractivity contribution in [2.24, 2.45) is 11.8 Å². The lowest BCUT2D eigenvalue weighted by Crippen LogP contribution is -2.42. The van der Waals surface area contributed by atoms with Gasteiger partial charge in [0.05, 0.1) is 12.8 Å². The third-order valence-corrected chi connectivity index (χ3v) is 8.05. The predicted molar refractivity (Wildman–Crippen MR) is 143 cm³/mol. The normalized spacial score (nSPS) is 17.8. The summed E-state index contributed by atoms with van der Waals surface area (Å²) in [5.41, 5.74) is 3.12. The Hall–Kier alpha value is -3.59. The molecule has 4 heterocycles. The quantitative estimate of drug-likeness (QED) is 0.274. The second-order valence-electron chi connectivity index (χ2n) is 9.85. The number of carbonyl (C=O) groups is 2. The van der Waals surface area contributed by atoms with Crippen LogP contribution in [-0.2, 0) is 9.53 Å². The monoisotopic (exact) mass is 518 g/mol. The number of methoxy groups -OCH3 is 1. The molecule has 4 aromatic rings. The fraction of sp³-hybridized carbons (Fsp3) is 0.393. The van der Waals surface area contributed by atoms with Gasteiger partial charge < -0.3 is 14.1 Å². The largest absolute Gasteiger partial charge is 0.465 e. The van der Waals surface area contributed by atoms with Gasteiger partial charge in [0.2, 0.25) is 11.8 Å². The molecule has 0 saturated heterocycles. The van der Waals surface area contributed by atoms with Crippen LogP contribution in [0.2, 0.25) is 0 Å². The van der Waals surface area contributed by atoms with Crippen LogP contribution in [0.4, 0.5) is 5.69 Å². The Bertz CT molecular complexity index is 1380. The third-order valence-electron chi connectivity index (χ3n) is 6.89. The summed E-state index contributed by atoms with van der Waals surface area (Å²) in [7, 11) is 1.36. The maximum Gasteiger partial charge on any atom is 0.350 e. The number of esters is 1. The van der Waals surface area contributed by atoms with Gasteiger partial charge in [0, 0.05) is 34.8 Å². The second-order valence-corrected chi connectivity index (χ2v) is 10.9. The number of nitrogens with zero attached hydrogens (tertiary/aromatic N) is 4. The Kier molecular flexibility index (Phi) is 7.06. The molecule has 0 N–H and O–H groups in total. The molecule has 1 aliphatic rings. The molecule has 4 aromatic heterocycles. The smallest absolute Gasteiger partial charge is 0.350 e. The van der Waals surface area contributed by atoms with Crippen LogP contribution in [0.25, 0.3) is 33.3 Å². The van der Waals surface area contributed by atoms with Gasteiger partial charge >= 0.3 is 5.97 Å². The highest BCUT2D eigenvalue weighted by Gasteiger charge is 2.33. The van der Waals surface area contributed by atoms with Crippen LogP contribution in [-0.4, -0.2) is 40.0 Å². The summed E-state index contributed by atoms with van der Waals surface area (Å²) < 4.78 is 10.9. The van der Waals surface area contributed by atoms with Crippen LogP contribution in [0.5, 0.6) is 0 Å². The zero-order valence-corrected chi connectivity index (χ0v) is 22.2. The molecule has 37 heavy (non-hydrogen) atoms. The standard InChI is InChI=1S/C28H30N4O4S/c1-16(2)32(27(33)18-9-7-17(3)8-10-18)21-14-23(37-24(21)28(34)35-4)19-11-12-20(30-15-19)26-31-25-22(36-26)6-5-13-29-25/h5-6,11-18H,7-10H2,1-4H3/t17-,18-. The van der Waals surface area contributed by atoms with E-state index in [2.05, 4.69) is 21.9 Å². The molecule has 0 bridgehead atoms. The highest BCUT2D eigenvalue weighted by Crippen LogP contribution is 2.40. The molecule has 0 unspecified atom stereocenters. The van der Waals surface area contributed by atoms with Crippen molar-refractivity contribution in [1.29, 1.82) is 0 Å². The zero-order valence-electron chi connectivity index (χ0n) is 21.4. The molecule has 0 aromatic carbocycles. The van der Waals surface area contributed by atoms with Crippen molar-refractivity contribution < 1.29 is 18.7 Å². The summed E-state index contributed by atoms with van der Waals surface area (Å²) in [4.78, 5) is 42.6. The first-order valence-corrected chi connectivity index (χ1v) is 13.4. The zero-order chi connectivity index (χ0) is 26.1. The number of carbonyl (C=O) groups excluding carboxylic acids is 2. The number of anilines is 1. The van der Waals surface area contributed by atoms with E-state index < -0.39 is 5.97 Å². The summed E-state index contributed by atoms with van der Waals surface area (Å²) in [6.07, 6.45) is 7.25. The average molecular weight is 519 g/mol. The lowest BCUT2D eigenvalue weighted by atomic mass is 9.82. The van der Waals surface area contributed by atoms with Crippen LogP contribution in [0.3, 0.4) is 0 Å². The number of hydrogen-bond donors (Lipinski definition) is 0. The van der Waals surface area contributed by atoms with E-state index in [-0.39, 0.29) is 17.9 Å². The first-order valence-electron chi connectivity index (χ1n) is 12.6. The molecule has 1 saturated carbocycles. The molecule has 0 aliphatic heterocycles. The second kappa shape index (κ2) is 10.4. The van der Waals surface area contributed by atoms with Crippen LogP contribution in [0.15, 0.2) is 47.1 Å². The van der Waals surface area contributed by atoms with Crippen LogP contribution >= 0.6 is 11.3 Å². The minimum Gasteiger partial charge on any atom is -0.465 e. The number of pyridine rings is 2. The van der Waals surface area contributed by atoms with Gasteiger partial charge in [0.1, 0.15) is 10.6 Å². The number of rotatable bonds is 6. The van der Waals surface area contributed by atoms with E-state index in [1.165, 1.54) is 18.4 Å². The van der Waals surface area contributed by atoms with Crippen molar-refractivity contribution in [3.63, 3.8) is 0 Å². The van der Waals surface area contributed by atoms with Crippen LogP contribution in [0.1, 0.15) is 56.1 Å². The maximum absolute atomic E-state index is 13.7. The number of ether oxygens (including phenoxy) is 1. The number of thiophene rings is 1. The number of aromatic nitrogens is 3. The Labute approximate surface area is 219 Å². The Morgan fingerprint density at radius 2 is 1.92 bits per heavy atom. The first kappa shape index (κ1) is 25.1. The molecule has 192 valence electrons. The molecular formula is C28H30N4O4S. The lowest BCUT2D eigenvalue weighted by molar-refractivity contribution is -0.123. The number of hydrogen-bond acceptors (Lipinski definition) is 8. The summed E-state index contributed by atoms with van der Waals surface area (Å²) >= 11 is 1.30. The number of oxazole rings is 1. The third kappa shape index (κ3) is 5.00. The van der Waals surface area contributed by atoms with E-state index in [0.717, 1.165) is 36.1 Å². The van der Waals surface area contributed by atoms with Crippen molar-refractivity contribution in [3.05, 3.63) is 47.6 Å². The molecule has 0 atom stereocenters. The van der Waals surface area contributed by atoms with Gasteiger partial charge in [-0.1, -0.05) is 6.92 Å². The van der Waals surface area contributed by atoms with Crippen molar-refractivity contribution in [2.75, 3.05) is 12.0 Å². The van der Waals surface area contributed by atoms with Crippen LogP contribution in [0, 0.1) is 11.8 Å². The van der Waals surface area contributed by atoms with Gasteiger partial charge in [-0.2, -0.15) is 4.98 Å². The van der Waals surface area contributed by atoms with E-state index in [4.69, 9.17) is 9.15 Å². The van der Waals surface area contributed by atoms with E-state index in [1.807, 2.05) is 38.1 Å². The summed E-state index contributed by atoms with van der Waals surface area (Å²) in [5.74, 6) is 0.635. The van der Waals surface area contributed by atoms with Gasteiger partial charge in [0.15, 0.2) is 11.2 Å². The Balaban J connectivity index is 1.48. The van der Waals surface area contributed by atoms with Gasteiger partial charge in [-0.25, -0.2) is 9.78 Å². The van der Waals surface area contributed by atoms with Gasteiger partial charge in [-0.3, -0.25) is 9.78 Å². The molecule has 1 fully saturated rings. The van der Waals surface area contributed by atoms with Gasteiger partial charge in [-0.05, 0) is 75.8 Å². The lowest BCUT2D eigenvalue weighted by Gasteiger charge is -2.33. The molecular weight excluding hydrogens is 488 g/mol. The van der Waals surface area contributed by atoms with Crippen LogP contribution < -0.4 is 4.90 Å². The fourth-order valence-electron chi connectivity index (χ4n) is 4.84. The number of amides is 1. The molecule has 8 nitrogen and oxygen atoms in total. The van der Waals surface area contributed by atoms with E-state index in [0.29, 0.717) is 39.3 Å². The van der Waals surface area contributed by atoms with E-state index in [1.54, 1.807) is 23.4 Å². The highest BCUT2D eigenvalue weighted by atomic mass is 32.1. The maximum atomic E-state index is 13.7. The van der Waals surface area contributed by atoms with E-state index >= 15 is 0 Å². The SMILES string of the molecule is COC(=O)c1sc(-c2ccc(-c3nc4ncccc4o3)nc2)cc1N(C(=O)[C@H]1CC[C@H](C)CC1)C(C)C. The molecule has 0 radical (unpaired) electrons. The minimum absolute atomic E-state index is 0.0285. The predicted octanol–water partition coefficient (Wildman–Crippen LogP) is 6.37. The minimum atomic E-state index is -0.453. The molecule has 1 aliphatic carbocycles. The Morgan fingerprint density at radius 3 is 2.57 bits per heavy atom. The number of fused-ring (bicyclic) bond motifs is 1. The van der Waals surface area contributed by atoms with Gasteiger partial charge in [0.25, 0.3) is 0 Å². The summed E-state index contributed by atoms with van der Waals surface area (Å²) in [5, 5.41) is 0. The molecule has 1 amide bonds. The van der Waals surface area contributed by atoms with E-state index in [9.17, 15) is 9.59 Å². The summed E-state index contributed by atoms with van der Waals surface area (Å²) in [6.45, 7) is 6.20. The average Bonchev–Trinajstić information content (AvgIpc) is 3.54. The van der Waals surface area contributed by atoms with Crippen molar-refractivity contribution in [2.45, 2.75) is 52.5 Å². The fourth-order valence-corrected chi connectivity index (χ4v) is 5.90. The van der Waals surface area contributed by atoms with Crippen molar-refractivity contribution in [1.82, 2.24) is 15.0 Å². The Morgan fingerprint density at radius 1 is 1.14 bits per heavy atom. The van der Waals surface area contributed by atoms with Gasteiger partial charge in [-0.15, -0.1) is 11.3 Å². The molecule has 0 spiro atoms. The topological polar surface area (TPSA) is 98.4 Å². The summed E-state index contributed by atoms with van der Waals surface area (Å²) in [6, 6.07) is 9.13. The highest BCUT2D eigenvalue weighted by molar-refractivity contribution is 7.18. The molecule has 9 heteroatoms. The first-order chi connectivity index (χ1) is 17.9. The van der Waals surface area contributed by atoms with Crippen molar-refractivity contribution in [3.8, 4) is 22.0 Å². The molecule has 5 rings (SSSR count).